The molecule has 2 atom stereocenters. The number of allylic oxidation sites excluding steroid dienone is 1. The summed E-state index contributed by atoms with van der Waals surface area (Å²) in [4.78, 5) is 42.1. The monoisotopic (exact) mass is 552 g/mol. The first-order valence-electron chi connectivity index (χ1n) is 13.8. The van der Waals surface area contributed by atoms with Gasteiger partial charge in [-0.25, -0.2) is 4.79 Å². The predicted molar refractivity (Wildman–Crippen MR) is 154 cm³/mol. The van der Waals surface area contributed by atoms with Crippen molar-refractivity contribution in [3.8, 4) is 11.5 Å². The van der Waals surface area contributed by atoms with Crippen molar-refractivity contribution in [3.63, 3.8) is 0 Å². The van der Waals surface area contributed by atoms with Crippen molar-refractivity contribution in [2.45, 2.75) is 37.6 Å². The van der Waals surface area contributed by atoms with Crippen molar-refractivity contribution in [1.82, 2.24) is 0 Å². The van der Waals surface area contributed by atoms with Gasteiger partial charge in [0.15, 0.2) is 17.3 Å². The van der Waals surface area contributed by atoms with E-state index in [-0.39, 0.29) is 29.9 Å². The second-order valence-electron chi connectivity index (χ2n) is 10.7. The fourth-order valence-electron chi connectivity index (χ4n) is 5.94. The molecule has 2 aliphatic carbocycles. The molecule has 1 amide bonds. The number of Topliss-reactive ketones (excluding diaryl/α,β-unsaturated/α-hetero) is 1. The molecule has 0 spiro atoms. The molecule has 1 heterocycles. The molecule has 0 radical (unpaired) electrons. The van der Waals surface area contributed by atoms with Crippen molar-refractivity contribution in [2.75, 3.05) is 31.5 Å². The van der Waals surface area contributed by atoms with Crippen LogP contribution in [0.2, 0.25) is 0 Å². The zero-order valence-corrected chi connectivity index (χ0v) is 23.3. The smallest absolute Gasteiger partial charge is 0.337 e. The molecule has 3 aromatic carbocycles. The molecule has 1 N–H and O–H groups in total. The third-order valence-corrected chi connectivity index (χ3v) is 8.18. The van der Waals surface area contributed by atoms with Gasteiger partial charge in [0.2, 0.25) is 5.91 Å². The molecule has 1 saturated carbocycles. The highest BCUT2D eigenvalue weighted by Gasteiger charge is 2.45. The quantitative estimate of drug-likeness (QED) is 0.386. The Balaban J connectivity index is 1.49. The number of benzene rings is 3. The first-order valence-corrected chi connectivity index (χ1v) is 13.8. The molecule has 8 nitrogen and oxygen atoms in total. The second kappa shape index (κ2) is 10.8. The maximum absolute atomic E-state index is 14.2. The number of ketones is 1. The summed E-state index contributed by atoms with van der Waals surface area (Å²) >= 11 is 0. The van der Waals surface area contributed by atoms with E-state index in [1.165, 1.54) is 7.11 Å². The standard InChI is InChI=1S/C33H32N2O6/c1-39-28-15-14-22(18-29(28)40-2)23-16-25-30(27(36)17-23)31(19-8-12-21(13-9-19)33(38)41-3)35(32(37)20-10-11-20)26-7-5-4-6-24(26)34-25/h4-9,12-15,18,20,23,31,34H,10-11,16-17H2,1-3H3/t23-,31+/m0/s1. The summed E-state index contributed by atoms with van der Waals surface area (Å²) in [6, 6.07) is 19.8. The summed E-state index contributed by atoms with van der Waals surface area (Å²) in [5.74, 6) is 0.619. The van der Waals surface area contributed by atoms with E-state index in [4.69, 9.17) is 14.2 Å². The number of carbonyl (C=O) groups excluding carboxylic acids is 3. The van der Waals surface area contributed by atoms with Crippen LogP contribution in [-0.2, 0) is 14.3 Å². The highest BCUT2D eigenvalue weighted by atomic mass is 16.5. The minimum Gasteiger partial charge on any atom is -0.493 e. The lowest BCUT2D eigenvalue weighted by Crippen LogP contribution is -2.39. The Labute approximate surface area is 238 Å². The van der Waals surface area contributed by atoms with Crippen LogP contribution in [0, 0.1) is 5.92 Å². The lowest BCUT2D eigenvalue weighted by Gasteiger charge is -2.35. The van der Waals surface area contributed by atoms with Crippen LogP contribution < -0.4 is 19.7 Å². The average molecular weight is 553 g/mol. The van der Waals surface area contributed by atoms with Crippen LogP contribution in [0.15, 0.2) is 78.0 Å². The van der Waals surface area contributed by atoms with E-state index < -0.39 is 12.0 Å². The number of carbonyl (C=O) groups is 3. The van der Waals surface area contributed by atoms with Gasteiger partial charge in [0, 0.05) is 23.6 Å². The summed E-state index contributed by atoms with van der Waals surface area (Å²) in [7, 11) is 4.53. The van der Waals surface area contributed by atoms with E-state index in [1.54, 1.807) is 31.3 Å². The van der Waals surface area contributed by atoms with Gasteiger partial charge in [0.1, 0.15) is 0 Å². The highest BCUT2D eigenvalue weighted by Crippen LogP contribution is 2.49. The van der Waals surface area contributed by atoms with Crippen molar-refractivity contribution in [1.29, 1.82) is 0 Å². The molecule has 0 bridgehead atoms. The summed E-state index contributed by atoms with van der Waals surface area (Å²) in [6.45, 7) is 0. The number of nitrogens with zero attached hydrogens (tertiary/aromatic N) is 1. The number of ether oxygens (including phenoxy) is 3. The van der Waals surface area contributed by atoms with Crippen molar-refractivity contribution >= 4 is 29.0 Å². The van der Waals surface area contributed by atoms with Gasteiger partial charge in [-0.15, -0.1) is 0 Å². The molecule has 3 aromatic rings. The number of anilines is 2. The van der Waals surface area contributed by atoms with Crippen molar-refractivity contribution < 1.29 is 28.6 Å². The third-order valence-electron chi connectivity index (χ3n) is 8.18. The maximum atomic E-state index is 14.2. The molecular weight excluding hydrogens is 520 g/mol. The van der Waals surface area contributed by atoms with Gasteiger partial charge in [-0.1, -0.05) is 30.3 Å². The Bertz CT molecular complexity index is 1560. The number of hydrogen-bond acceptors (Lipinski definition) is 7. The van der Waals surface area contributed by atoms with Gasteiger partial charge in [-0.3, -0.25) is 14.5 Å². The molecule has 0 saturated heterocycles. The first-order chi connectivity index (χ1) is 19.9. The van der Waals surface area contributed by atoms with Crippen molar-refractivity contribution in [3.05, 3.63) is 94.7 Å². The van der Waals surface area contributed by atoms with Crippen molar-refractivity contribution in [2.24, 2.45) is 5.92 Å². The van der Waals surface area contributed by atoms with E-state index in [9.17, 15) is 14.4 Å². The predicted octanol–water partition coefficient (Wildman–Crippen LogP) is 5.80. The molecule has 8 heteroatoms. The van der Waals surface area contributed by atoms with Crippen LogP contribution in [-0.4, -0.2) is 39.0 Å². The number of fused-ring (bicyclic) bond motifs is 1. The van der Waals surface area contributed by atoms with Crippen LogP contribution in [0.3, 0.4) is 0 Å². The van der Waals surface area contributed by atoms with Gasteiger partial charge in [-0.05, 0) is 72.7 Å². The topological polar surface area (TPSA) is 94.2 Å². The summed E-state index contributed by atoms with van der Waals surface area (Å²) in [5, 5.41) is 3.56. The van der Waals surface area contributed by atoms with Crippen LogP contribution in [0.4, 0.5) is 11.4 Å². The van der Waals surface area contributed by atoms with E-state index in [2.05, 4.69) is 5.32 Å². The largest absolute Gasteiger partial charge is 0.493 e. The Morgan fingerprint density at radius 2 is 1.56 bits per heavy atom. The van der Waals surface area contributed by atoms with Crippen LogP contribution in [0.5, 0.6) is 11.5 Å². The molecule has 0 aromatic heterocycles. The minimum atomic E-state index is -0.639. The summed E-state index contributed by atoms with van der Waals surface area (Å²) < 4.78 is 15.8. The Morgan fingerprint density at radius 1 is 0.854 bits per heavy atom. The molecular formula is C33H32N2O6. The third kappa shape index (κ3) is 4.84. The van der Waals surface area contributed by atoms with Gasteiger partial charge in [-0.2, -0.15) is 0 Å². The SMILES string of the molecule is COC(=O)c1ccc([C@@H]2C3=C(C[C@H](c4ccc(OC)c(OC)c4)CC3=O)Nc3ccccc3N2C(=O)C2CC2)cc1. The van der Waals surface area contributed by atoms with E-state index in [0.717, 1.165) is 41.0 Å². The highest BCUT2D eigenvalue weighted by molar-refractivity contribution is 6.07. The average Bonchev–Trinajstić information content (AvgIpc) is 3.86. The number of hydrogen-bond donors (Lipinski definition) is 1. The maximum Gasteiger partial charge on any atom is 0.337 e. The lowest BCUT2D eigenvalue weighted by molar-refractivity contribution is -0.120. The molecule has 210 valence electrons. The number of rotatable bonds is 6. The molecule has 1 fully saturated rings. The van der Waals surface area contributed by atoms with Gasteiger partial charge < -0.3 is 19.5 Å². The zero-order chi connectivity index (χ0) is 28.7. The Morgan fingerprint density at radius 3 is 2.24 bits per heavy atom. The second-order valence-corrected chi connectivity index (χ2v) is 10.7. The zero-order valence-electron chi connectivity index (χ0n) is 23.3. The lowest BCUT2D eigenvalue weighted by atomic mass is 9.78. The van der Waals surface area contributed by atoms with Crippen LogP contribution >= 0.6 is 0 Å². The number of methoxy groups -OCH3 is 3. The number of amides is 1. The fourth-order valence-corrected chi connectivity index (χ4v) is 5.94. The van der Waals surface area contributed by atoms with Gasteiger partial charge in [0.05, 0.1) is 44.3 Å². The number of nitrogens with one attached hydrogen (secondary N) is 1. The number of para-hydroxylation sites is 2. The summed E-state index contributed by atoms with van der Waals surface area (Å²) in [6.07, 6.45) is 2.53. The molecule has 0 unspecified atom stereocenters. The fraction of sp³-hybridized carbons (Fsp3) is 0.303. The molecule has 1 aliphatic heterocycles. The minimum absolute atomic E-state index is 0.00450. The Kier molecular flexibility index (Phi) is 6.99. The molecule has 3 aliphatic rings. The normalized spacial score (nSPS) is 19.9. The van der Waals surface area contributed by atoms with E-state index in [0.29, 0.717) is 29.1 Å². The van der Waals surface area contributed by atoms with Crippen LogP contribution in [0.25, 0.3) is 0 Å². The summed E-state index contributed by atoms with van der Waals surface area (Å²) in [5.41, 5.74) is 5.03. The first kappa shape index (κ1) is 26.6. The molecule has 6 rings (SSSR count). The molecule has 41 heavy (non-hydrogen) atoms. The van der Waals surface area contributed by atoms with Crippen LogP contribution in [0.1, 0.15) is 59.1 Å². The van der Waals surface area contributed by atoms with Gasteiger partial charge in [0.25, 0.3) is 0 Å². The van der Waals surface area contributed by atoms with Gasteiger partial charge >= 0.3 is 5.97 Å². The van der Waals surface area contributed by atoms with E-state index >= 15 is 0 Å². The van der Waals surface area contributed by atoms with E-state index in [1.807, 2.05) is 54.6 Å². The number of esters is 1. The Hall–Kier alpha value is -4.59.